The Bertz CT molecular complexity index is 1070. The van der Waals surface area contributed by atoms with Crippen LogP contribution in [0.3, 0.4) is 0 Å². The third-order valence-corrected chi connectivity index (χ3v) is 4.21. The molecule has 3 aromatic heterocycles. The number of benzene rings is 1. The first kappa shape index (κ1) is 14.9. The molecule has 0 spiro atoms. The van der Waals surface area contributed by atoms with Gasteiger partial charge in [0.15, 0.2) is 10.4 Å². The largest absolute Gasteiger partial charge is 0.444 e. The maximum Gasteiger partial charge on any atom is 0.329 e. The molecular weight excluding hydrogens is 376 g/mol. The molecule has 4 aromatic rings. The molecule has 0 aliphatic rings. The lowest BCUT2D eigenvalue weighted by Gasteiger charge is -1.98. The van der Waals surface area contributed by atoms with E-state index in [1.807, 2.05) is 31.2 Å². The highest BCUT2D eigenvalue weighted by atomic mass is 79.9. The number of hydrogen-bond acceptors (Lipinski definition) is 5. The van der Waals surface area contributed by atoms with Crippen molar-refractivity contribution >= 4 is 27.0 Å². The fourth-order valence-electron chi connectivity index (χ4n) is 2.71. The molecule has 0 aliphatic carbocycles. The van der Waals surface area contributed by atoms with E-state index in [-0.39, 0.29) is 18.1 Å². The van der Waals surface area contributed by atoms with Crippen molar-refractivity contribution in [3.8, 4) is 11.7 Å². The van der Waals surface area contributed by atoms with Crippen molar-refractivity contribution in [3.63, 3.8) is 0 Å². The van der Waals surface area contributed by atoms with Crippen LogP contribution in [0, 0.1) is 0 Å². The van der Waals surface area contributed by atoms with E-state index in [4.69, 9.17) is 8.83 Å². The number of aromatic nitrogens is 4. The van der Waals surface area contributed by atoms with Crippen molar-refractivity contribution in [3.05, 3.63) is 57.4 Å². The van der Waals surface area contributed by atoms with Crippen LogP contribution in [0.15, 0.2) is 54.7 Å². The number of hydrogen-bond donors (Lipinski definition) is 0. The molecule has 0 fully saturated rings. The minimum atomic E-state index is -0.0980. The lowest BCUT2D eigenvalue weighted by Crippen LogP contribution is -2.24. The first-order chi connectivity index (χ1) is 11.7. The van der Waals surface area contributed by atoms with Gasteiger partial charge in [-0.3, -0.25) is 9.13 Å². The summed E-state index contributed by atoms with van der Waals surface area (Å²) in [4.78, 5) is 12.6. The Hall–Kier alpha value is -2.61. The summed E-state index contributed by atoms with van der Waals surface area (Å²) in [6.45, 7) is 2.75. The molecule has 8 heteroatoms. The second-order valence-electron chi connectivity index (χ2n) is 5.21. The predicted octanol–water partition coefficient (Wildman–Crippen LogP) is 3.28. The van der Waals surface area contributed by atoms with Crippen LogP contribution in [0.1, 0.15) is 12.8 Å². The molecule has 1 aromatic carbocycles. The van der Waals surface area contributed by atoms with Crippen molar-refractivity contribution in [2.75, 3.05) is 0 Å². The molecule has 24 heavy (non-hydrogen) atoms. The highest BCUT2D eigenvalue weighted by Gasteiger charge is 2.16. The highest BCUT2D eigenvalue weighted by molar-refractivity contribution is 9.10. The van der Waals surface area contributed by atoms with Gasteiger partial charge in [-0.05, 0) is 47.1 Å². The Morgan fingerprint density at radius 1 is 1.04 bits per heavy atom. The number of furan rings is 1. The van der Waals surface area contributed by atoms with Crippen LogP contribution in [-0.4, -0.2) is 19.3 Å². The van der Waals surface area contributed by atoms with Crippen LogP contribution < -0.4 is 5.69 Å². The third-order valence-electron chi connectivity index (χ3n) is 3.79. The molecule has 0 unspecified atom stereocenters. The summed E-state index contributed by atoms with van der Waals surface area (Å²) < 4.78 is 15.0. The summed E-state index contributed by atoms with van der Waals surface area (Å²) in [5.41, 5.74) is 1.63. The quantitative estimate of drug-likeness (QED) is 0.535. The Balaban J connectivity index is 1.74. The lowest BCUT2D eigenvalue weighted by atomic mass is 10.3. The van der Waals surface area contributed by atoms with Gasteiger partial charge in [-0.1, -0.05) is 12.1 Å². The van der Waals surface area contributed by atoms with Gasteiger partial charge in [0.1, 0.15) is 6.54 Å². The van der Waals surface area contributed by atoms with Gasteiger partial charge in [-0.25, -0.2) is 4.79 Å². The second kappa shape index (κ2) is 5.79. The Morgan fingerprint density at radius 3 is 2.46 bits per heavy atom. The molecule has 0 saturated heterocycles. The Morgan fingerprint density at radius 2 is 1.79 bits per heavy atom. The molecule has 4 rings (SSSR count). The normalized spacial score (nSPS) is 11.4. The van der Waals surface area contributed by atoms with Crippen molar-refractivity contribution in [1.82, 2.24) is 19.3 Å². The molecule has 0 radical (unpaired) electrons. The van der Waals surface area contributed by atoms with Gasteiger partial charge in [-0.2, -0.15) is 0 Å². The summed E-state index contributed by atoms with van der Waals surface area (Å²) in [7, 11) is 0. The zero-order valence-electron chi connectivity index (χ0n) is 12.8. The molecule has 0 aliphatic heterocycles. The van der Waals surface area contributed by atoms with E-state index in [2.05, 4.69) is 26.1 Å². The van der Waals surface area contributed by atoms with Gasteiger partial charge >= 0.3 is 5.69 Å². The zero-order valence-corrected chi connectivity index (χ0v) is 14.4. The van der Waals surface area contributed by atoms with Crippen LogP contribution >= 0.6 is 15.9 Å². The maximum atomic E-state index is 12.6. The van der Waals surface area contributed by atoms with Crippen LogP contribution in [0.4, 0.5) is 0 Å². The summed E-state index contributed by atoms with van der Waals surface area (Å²) in [5, 5.41) is 8.00. The second-order valence-corrected chi connectivity index (χ2v) is 5.99. The van der Waals surface area contributed by atoms with Gasteiger partial charge in [0.05, 0.1) is 11.0 Å². The van der Waals surface area contributed by atoms with Gasteiger partial charge < -0.3 is 8.83 Å². The van der Waals surface area contributed by atoms with Crippen LogP contribution in [-0.2, 0) is 13.1 Å². The van der Waals surface area contributed by atoms with E-state index in [0.717, 1.165) is 11.0 Å². The number of imidazole rings is 1. The zero-order chi connectivity index (χ0) is 16.7. The van der Waals surface area contributed by atoms with E-state index in [9.17, 15) is 4.79 Å². The summed E-state index contributed by atoms with van der Waals surface area (Å²) in [6, 6.07) is 11.1. The van der Waals surface area contributed by atoms with Gasteiger partial charge in [0.2, 0.25) is 5.89 Å². The van der Waals surface area contributed by atoms with Crippen molar-refractivity contribution in [2.24, 2.45) is 0 Å². The minimum absolute atomic E-state index is 0.0980. The van der Waals surface area contributed by atoms with Gasteiger partial charge in [0, 0.05) is 6.54 Å². The summed E-state index contributed by atoms with van der Waals surface area (Å²) in [5.74, 6) is 1.10. The number of nitrogens with zero attached hydrogens (tertiary/aromatic N) is 4. The van der Waals surface area contributed by atoms with E-state index in [1.165, 1.54) is 0 Å². The van der Waals surface area contributed by atoms with Crippen molar-refractivity contribution < 1.29 is 8.83 Å². The minimum Gasteiger partial charge on any atom is -0.444 e. The fourth-order valence-corrected chi connectivity index (χ4v) is 3.02. The van der Waals surface area contributed by atoms with E-state index in [0.29, 0.717) is 22.9 Å². The van der Waals surface area contributed by atoms with Crippen molar-refractivity contribution in [2.45, 2.75) is 20.0 Å². The summed E-state index contributed by atoms with van der Waals surface area (Å²) >= 11 is 3.23. The maximum absolute atomic E-state index is 12.6. The van der Waals surface area contributed by atoms with E-state index in [1.54, 1.807) is 21.3 Å². The van der Waals surface area contributed by atoms with E-state index < -0.39 is 0 Å². The fraction of sp³-hybridized carbons (Fsp3) is 0.188. The number of para-hydroxylation sites is 2. The molecule has 0 atom stereocenters. The number of rotatable bonds is 4. The topological polar surface area (TPSA) is 79.0 Å². The van der Waals surface area contributed by atoms with E-state index >= 15 is 0 Å². The molecule has 7 nitrogen and oxygen atoms in total. The molecular formula is C16H13BrN4O3. The molecule has 0 N–H and O–H groups in total. The summed E-state index contributed by atoms with van der Waals surface area (Å²) in [6.07, 6.45) is 0. The highest BCUT2D eigenvalue weighted by Crippen LogP contribution is 2.24. The van der Waals surface area contributed by atoms with Crippen LogP contribution in [0.25, 0.3) is 22.7 Å². The SMILES string of the molecule is CCn1c(=O)n(Cc2nnc(-c3ccc(Br)o3)o2)c2ccccc21. The molecule has 3 heterocycles. The smallest absolute Gasteiger partial charge is 0.329 e. The Kier molecular flexibility index (Phi) is 3.61. The number of halogens is 1. The average molecular weight is 389 g/mol. The molecule has 0 saturated carbocycles. The number of fused-ring (bicyclic) bond motifs is 1. The molecule has 122 valence electrons. The number of aryl methyl sites for hydroxylation is 1. The molecule has 0 amide bonds. The van der Waals surface area contributed by atoms with Crippen LogP contribution in [0.2, 0.25) is 0 Å². The van der Waals surface area contributed by atoms with Crippen LogP contribution in [0.5, 0.6) is 0 Å². The predicted molar refractivity (Wildman–Crippen MR) is 90.7 cm³/mol. The standard InChI is InChI=1S/C16H13BrN4O3/c1-2-20-10-5-3-4-6-11(10)21(16(20)22)9-14-18-19-15(24-14)12-7-8-13(17)23-12/h3-8H,2,9H2,1H3. The lowest BCUT2D eigenvalue weighted by molar-refractivity contribution is 0.462. The van der Waals surface area contributed by atoms with Gasteiger partial charge in [-0.15, -0.1) is 10.2 Å². The third kappa shape index (κ3) is 2.39. The first-order valence-corrected chi connectivity index (χ1v) is 8.23. The average Bonchev–Trinajstić information content (AvgIpc) is 3.27. The Labute approximate surface area is 144 Å². The monoisotopic (exact) mass is 388 g/mol. The first-order valence-electron chi connectivity index (χ1n) is 7.43. The van der Waals surface area contributed by atoms with Crippen molar-refractivity contribution in [1.29, 1.82) is 0 Å². The molecule has 0 bridgehead atoms. The van der Waals surface area contributed by atoms with Gasteiger partial charge in [0.25, 0.3) is 5.89 Å².